The third kappa shape index (κ3) is 3.80. The number of ether oxygens (including phenoxy) is 1. The molecule has 1 aromatic carbocycles. The van der Waals surface area contributed by atoms with Crippen molar-refractivity contribution in [3.05, 3.63) is 54.6 Å². The number of nitrogens with one attached hydrogen (secondary N) is 1. The number of para-hydroxylation sites is 1. The smallest absolute Gasteiger partial charge is 0.311 e. The highest BCUT2D eigenvalue weighted by molar-refractivity contribution is 5.87. The third-order valence-corrected chi connectivity index (χ3v) is 6.11. The summed E-state index contributed by atoms with van der Waals surface area (Å²) in [6.07, 6.45) is 1.04. The van der Waals surface area contributed by atoms with Crippen LogP contribution >= 0.6 is 0 Å². The summed E-state index contributed by atoms with van der Waals surface area (Å²) in [5.74, 6) is -0.513. The first-order valence-corrected chi connectivity index (χ1v) is 10.5. The molecule has 2 unspecified atom stereocenters. The molecule has 0 aliphatic carbocycles. The quantitative estimate of drug-likeness (QED) is 0.277. The van der Waals surface area contributed by atoms with Gasteiger partial charge in [-0.3, -0.25) is 9.36 Å². The van der Waals surface area contributed by atoms with Crippen LogP contribution in [0.4, 0.5) is 5.82 Å². The lowest BCUT2D eigenvalue weighted by molar-refractivity contribution is -0.135. The minimum atomic E-state index is -1.24. The molecule has 0 spiro atoms. The number of aromatic amines is 1. The van der Waals surface area contributed by atoms with E-state index in [0.717, 1.165) is 16.5 Å². The topological polar surface area (TPSA) is 172 Å². The van der Waals surface area contributed by atoms with E-state index in [1.54, 1.807) is 0 Å². The van der Waals surface area contributed by atoms with Crippen molar-refractivity contribution in [2.24, 2.45) is 0 Å². The van der Waals surface area contributed by atoms with Crippen LogP contribution in [-0.4, -0.2) is 64.1 Å². The van der Waals surface area contributed by atoms with Crippen LogP contribution in [0.25, 0.3) is 22.1 Å². The highest BCUT2D eigenvalue weighted by Crippen LogP contribution is 2.35. The Kier molecular flexibility index (Phi) is 5.44. The molecule has 11 heteroatoms. The number of nitrogens with two attached hydrogens (primary N) is 1. The average Bonchev–Trinajstić information content (AvgIpc) is 3.49. The largest absolute Gasteiger partial charge is 0.481 e. The van der Waals surface area contributed by atoms with Crippen molar-refractivity contribution in [1.29, 1.82) is 0 Å². The number of rotatable bonds is 7. The van der Waals surface area contributed by atoms with Gasteiger partial charge in [-0.05, 0) is 30.9 Å². The van der Waals surface area contributed by atoms with Gasteiger partial charge in [0.2, 0.25) is 0 Å². The molecule has 33 heavy (non-hydrogen) atoms. The van der Waals surface area contributed by atoms with Gasteiger partial charge in [-0.1, -0.05) is 18.2 Å². The first kappa shape index (κ1) is 21.3. The van der Waals surface area contributed by atoms with Gasteiger partial charge < -0.3 is 30.8 Å². The molecule has 1 aliphatic rings. The Balaban J connectivity index is 1.30. The number of hydrogen-bond acceptors (Lipinski definition) is 8. The molecule has 1 fully saturated rings. The van der Waals surface area contributed by atoms with E-state index in [1.165, 1.54) is 17.2 Å². The molecule has 4 aromatic rings. The first-order chi connectivity index (χ1) is 15.9. The zero-order valence-electron chi connectivity index (χ0n) is 17.5. The number of nitrogens with zero attached hydrogens (tertiary/aromatic N) is 4. The Bertz CT molecular complexity index is 1300. The normalized spacial score (nSPS) is 23.1. The third-order valence-electron chi connectivity index (χ3n) is 6.11. The van der Waals surface area contributed by atoms with E-state index in [9.17, 15) is 20.1 Å². The molecule has 171 valence electrons. The minimum absolute atomic E-state index is 0.190. The Hall–Kier alpha value is -3.54. The fourth-order valence-electron chi connectivity index (χ4n) is 4.35. The number of carboxylic acids is 1. The zero-order chi connectivity index (χ0) is 23.1. The van der Waals surface area contributed by atoms with Crippen molar-refractivity contribution >= 4 is 33.9 Å². The number of aromatic nitrogens is 5. The number of nitrogen functional groups attached to an aromatic ring is 1. The van der Waals surface area contributed by atoms with Crippen LogP contribution in [0.15, 0.2) is 43.1 Å². The molecule has 1 radical (unpaired) electrons. The van der Waals surface area contributed by atoms with Gasteiger partial charge in [0, 0.05) is 17.1 Å². The number of fused-ring (bicyclic) bond motifs is 2. The summed E-state index contributed by atoms with van der Waals surface area (Å²) in [5, 5.41) is 31.9. The summed E-state index contributed by atoms with van der Waals surface area (Å²) in [7, 11) is 0. The number of carboxylic acid groups (broad SMARTS) is 1. The predicted octanol–water partition coefficient (Wildman–Crippen LogP) is 1.19. The summed E-state index contributed by atoms with van der Waals surface area (Å²) in [4.78, 5) is 27.3. The molecule has 3 aromatic heterocycles. The molecular formula is C22H23N6O5. The molecule has 1 saturated heterocycles. The van der Waals surface area contributed by atoms with E-state index in [1.807, 2.05) is 30.5 Å². The summed E-state index contributed by atoms with van der Waals surface area (Å²) < 4.78 is 7.42. The van der Waals surface area contributed by atoms with Crippen LogP contribution < -0.4 is 5.73 Å². The van der Waals surface area contributed by atoms with Crippen LogP contribution in [0.3, 0.4) is 0 Å². The molecule has 4 heterocycles. The number of anilines is 1. The fourth-order valence-corrected chi connectivity index (χ4v) is 4.35. The Morgan fingerprint density at radius 3 is 2.82 bits per heavy atom. The van der Waals surface area contributed by atoms with Crippen LogP contribution in [0, 0.1) is 5.92 Å². The molecule has 11 nitrogen and oxygen atoms in total. The highest BCUT2D eigenvalue weighted by atomic mass is 16.6. The lowest BCUT2D eigenvalue weighted by atomic mass is 9.92. The van der Waals surface area contributed by atoms with Crippen molar-refractivity contribution in [3.8, 4) is 0 Å². The Morgan fingerprint density at radius 1 is 1.18 bits per heavy atom. The molecule has 0 bridgehead atoms. The number of benzene rings is 1. The number of carbonyl (C=O) groups is 1. The molecule has 4 atom stereocenters. The van der Waals surface area contributed by atoms with Crippen molar-refractivity contribution in [2.45, 2.75) is 43.8 Å². The number of H-pyrrole nitrogens is 1. The lowest BCUT2D eigenvalue weighted by Crippen LogP contribution is -2.32. The predicted molar refractivity (Wildman–Crippen MR) is 118 cm³/mol. The highest BCUT2D eigenvalue weighted by Gasteiger charge is 2.44. The van der Waals surface area contributed by atoms with Gasteiger partial charge in [-0.25, -0.2) is 15.0 Å². The van der Waals surface area contributed by atoms with Crippen LogP contribution in [-0.2, 0) is 16.0 Å². The van der Waals surface area contributed by atoms with Gasteiger partial charge in [-0.15, -0.1) is 0 Å². The molecule has 5 rings (SSSR count). The van der Waals surface area contributed by atoms with Crippen LogP contribution in [0.1, 0.15) is 24.6 Å². The van der Waals surface area contributed by atoms with Crippen molar-refractivity contribution in [2.75, 3.05) is 5.73 Å². The van der Waals surface area contributed by atoms with Crippen LogP contribution in [0.5, 0.6) is 0 Å². The monoisotopic (exact) mass is 451 g/mol. The fraction of sp³-hybridized carbons (Fsp3) is 0.318. The molecular weight excluding hydrogens is 428 g/mol. The van der Waals surface area contributed by atoms with Crippen molar-refractivity contribution < 1.29 is 24.9 Å². The number of aliphatic carboxylic acids is 1. The maximum absolute atomic E-state index is 11.9. The zero-order valence-corrected chi connectivity index (χ0v) is 17.5. The number of aliphatic hydroxyl groups is 2. The molecule has 0 saturated carbocycles. The van der Waals surface area contributed by atoms with Gasteiger partial charge in [0.1, 0.15) is 24.1 Å². The van der Waals surface area contributed by atoms with E-state index in [0.29, 0.717) is 17.1 Å². The van der Waals surface area contributed by atoms with Crippen LogP contribution in [0.2, 0.25) is 0 Å². The molecule has 6 N–H and O–H groups in total. The Morgan fingerprint density at radius 2 is 2.00 bits per heavy atom. The van der Waals surface area contributed by atoms with Gasteiger partial charge in [0.15, 0.2) is 17.7 Å². The van der Waals surface area contributed by atoms with E-state index >= 15 is 0 Å². The van der Waals surface area contributed by atoms with Gasteiger partial charge in [0.25, 0.3) is 0 Å². The summed E-state index contributed by atoms with van der Waals surface area (Å²) in [5.41, 5.74) is 8.38. The second-order valence-electron chi connectivity index (χ2n) is 8.11. The van der Waals surface area contributed by atoms with E-state index < -0.39 is 30.5 Å². The summed E-state index contributed by atoms with van der Waals surface area (Å²) in [6, 6.07) is 7.69. The lowest BCUT2D eigenvalue weighted by Gasteiger charge is -2.17. The minimum Gasteiger partial charge on any atom is -0.481 e. The van der Waals surface area contributed by atoms with E-state index in [-0.39, 0.29) is 25.1 Å². The van der Waals surface area contributed by atoms with Crippen molar-refractivity contribution in [3.63, 3.8) is 0 Å². The standard InChI is InChI=1S/C22H23N6O5/c23-19-16-20(26-9-25-19)28(10-27-16)21-18(30)17(29)15(33-21)6-5-11(22(31)32)7-12-8-24-14-4-2-1-3-13(12)14/h1-4,8-10,15,17-18,21,24,29-30H,5-7H2,(H,31,32)(H2,23,25,26)/t15-,17?,18?,21-/m1/s1. The average molecular weight is 451 g/mol. The van der Waals surface area contributed by atoms with Gasteiger partial charge >= 0.3 is 5.97 Å². The van der Waals surface area contributed by atoms with E-state index in [4.69, 9.17) is 10.5 Å². The van der Waals surface area contributed by atoms with Gasteiger partial charge in [0.05, 0.1) is 18.3 Å². The molecule has 1 aliphatic heterocycles. The second kappa shape index (κ2) is 8.43. The summed E-state index contributed by atoms with van der Waals surface area (Å²) >= 11 is 0. The van der Waals surface area contributed by atoms with E-state index in [2.05, 4.69) is 19.9 Å². The second-order valence-corrected chi connectivity index (χ2v) is 8.11. The Labute approximate surface area is 187 Å². The van der Waals surface area contributed by atoms with Gasteiger partial charge in [-0.2, -0.15) is 0 Å². The summed E-state index contributed by atoms with van der Waals surface area (Å²) in [6.45, 7) is 0. The number of aliphatic hydroxyl groups excluding tert-OH is 2. The number of hydrogen-bond donors (Lipinski definition) is 5. The SMILES string of the molecule is Nc1ncnc2c1ncn2[C@@H]1O[C@H](CC[C](Cc2c[nH]c3ccccc23)C(=O)O)C(O)C1O. The molecule has 0 amide bonds. The maximum atomic E-state index is 11.9. The van der Waals surface area contributed by atoms with Crippen molar-refractivity contribution in [1.82, 2.24) is 24.5 Å². The maximum Gasteiger partial charge on any atom is 0.311 e. The first-order valence-electron chi connectivity index (χ1n) is 10.5. The number of imidazole rings is 1.